The maximum atomic E-state index is 4.49. The first-order valence-electron chi connectivity index (χ1n) is 6.61. The molecule has 2 unspecified atom stereocenters. The van der Waals surface area contributed by atoms with E-state index in [1.54, 1.807) is 0 Å². The predicted molar refractivity (Wildman–Crippen MR) is 73.4 cm³/mol. The fourth-order valence-corrected chi connectivity index (χ4v) is 3.26. The molecule has 0 bridgehead atoms. The van der Waals surface area contributed by atoms with Gasteiger partial charge >= 0.3 is 0 Å². The van der Waals surface area contributed by atoms with Crippen LogP contribution in [-0.4, -0.2) is 35.1 Å². The van der Waals surface area contributed by atoms with Crippen molar-refractivity contribution >= 4 is 11.3 Å². The molecule has 3 nitrogen and oxygen atoms in total. The van der Waals surface area contributed by atoms with Gasteiger partial charge in [0.2, 0.25) is 0 Å². The molecule has 4 heteroatoms. The van der Waals surface area contributed by atoms with Crippen LogP contribution in [-0.2, 0) is 6.54 Å². The smallest absolute Gasteiger partial charge is 0.107 e. The van der Waals surface area contributed by atoms with Gasteiger partial charge in [0.05, 0.1) is 6.54 Å². The van der Waals surface area contributed by atoms with Gasteiger partial charge in [-0.1, -0.05) is 13.8 Å². The molecule has 0 spiro atoms. The van der Waals surface area contributed by atoms with Gasteiger partial charge in [-0.3, -0.25) is 4.90 Å². The third-order valence-corrected chi connectivity index (χ3v) is 4.48. The first-order chi connectivity index (χ1) is 8.22. The van der Waals surface area contributed by atoms with Gasteiger partial charge in [0.15, 0.2) is 0 Å². The molecular weight excluding hydrogens is 230 g/mol. The monoisotopic (exact) mass is 253 g/mol. The summed E-state index contributed by atoms with van der Waals surface area (Å²) >= 11 is 1.83. The molecule has 0 aliphatic carbocycles. The van der Waals surface area contributed by atoms with Crippen LogP contribution in [0, 0.1) is 6.92 Å². The summed E-state index contributed by atoms with van der Waals surface area (Å²) < 4.78 is 0. The van der Waals surface area contributed by atoms with Crippen molar-refractivity contribution in [1.82, 2.24) is 15.2 Å². The minimum absolute atomic E-state index is 0.652. The molecule has 1 aliphatic rings. The SMILES string of the molecule is CCC1CN(Cc2ncc(C)s2)C(CC)CN1. The number of aryl methyl sites for hydroxylation is 1. The topological polar surface area (TPSA) is 28.2 Å². The number of nitrogens with one attached hydrogen (secondary N) is 1. The van der Waals surface area contributed by atoms with E-state index in [-0.39, 0.29) is 0 Å². The maximum Gasteiger partial charge on any atom is 0.107 e. The van der Waals surface area contributed by atoms with Gasteiger partial charge in [-0.25, -0.2) is 4.98 Å². The van der Waals surface area contributed by atoms with Crippen molar-refractivity contribution in [1.29, 1.82) is 0 Å². The lowest BCUT2D eigenvalue weighted by Gasteiger charge is -2.39. The van der Waals surface area contributed by atoms with E-state index in [0.29, 0.717) is 12.1 Å². The highest BCUT2D eigenvalue weighted by atomic mass is 32.1. The fourth-order valence-electron chi connectivity index (χ4n) is 2.45. The van der Waals surface area contributed by atoms with E-state index in [9.17, 15) is 0 Å². The van der Waals surface area contributed by atoms with E-state index < -0.39 is 0 Å². The average molecular weight is 253 g/mol. The third-order valence-electron chi connectivity index (χ3n) is 3.58. The highest BCUT2D eigenvalue weighted by Crippen LogP contribution is 2.19. The Morgan fingerprint density at radius 3 is 2.88 bits per heavy atom. The molecule has 0 amide bonds. The highest BCUT2D eigenvalue weighted by Gasteiger charge is 2.26. The number of rotatable bonds is 4. The molecule has 2 rings (SSSR count). The quantitative estimate of drug-likeness (QED) is 0.893. The minimum Gasteiger partial charge on any atom is -0.311 e. The van der Waals surface area contributed by atoms with E-state index in [4.69, 9.17) is 0 Å². The number of hydrogen-bond donors (Lipinski definition) is 1. The van der Waals surface area contributed by atoms with Crippen LogP contribution in [0.4, 0.5) is 0 Å². The van der Waals surface area contributed by atoms with Crippen molar-refractivity contribution < 1.29 is 0 Å². The van der Waals surface area contributed by atoms with Gasteiger partial charge in [0.1, 0.15) is 5.01 Å². The Labute approximate surface area is 108 Å². The van der Waals surface area contributed by atoms with E-state index in [0.717, 1.165) is 19.6 Å². The Kier molecular flexibility index (Phi) is 4.54. The van der Waals surface area contributed by atoms with E-state index >= 15 is 0 Å². The first-order valence-corrected chi connectivity index (χ1v) is 7.43. The summed E-state index contributed by atoms with van der Waals surface area (Å²) in [5.74, 6) is 0. The summed E-state index contributed by atoms with van der Waals surface area (Å²) in [4.78, 5) is 8.40. The lowest BCUT2D eigenvalue weighted by Crippen LogP contribution is -2.55. The van der Waals surface area contributed by atoms with E-state index in [1.807, 2.05) is 17.5 Å². The minimum atomic E-state index is 0.652. The van der Waals surface area contributed by atoms with Crippen LogP contribution in [0.5, 0.6) is 0 Å². The molecule has 0 radical (unpaired) electrons. The number of nitrogens with zero attached hydrogens (tertiary/aromatic N) is 2. The Hall–Kier alpha value is -0.450. The van der Waals surface area contributed by atoms with Crippen molar-refractivity contribution in [3.63, 3.8) is 0 Å². The largest absolute Gasteiger partial charge is 0.311 e. The second-order valence-electron chi connectivity index (χ2n) is 4.87. The summed E-state index contributed by atoms with van der Waals surface area (Å²) in [5, 5.41) is 4.89. The average Bonchev–Trinajstić information content (AvgIpc) is 2.74. The molecule has 0 saturated carbocycles. The predicted octanol–water partition coefficient (Wildman–Crippen LogP) is 2.41. The number of aromatic nitrogens is 1. The molecule has 1 aliphatic heterocycles. The highest BCUT2D eigenvalue weighted by molar-refractivity contribution is 7.11. The van der Waals surface area contributed by atoms with Crippen LogP contribution in [0.1, 0.15) is 36.6 Å². The molecule has 17 heavy (non-hydrogen) atoms. The van der Waals surface area contributed by atoms with Crippen molar-refractivity contribution in [3.8, 4) is 0 Å². The van der Waals surface area contributed by atoms with Crippen molar-refractivity contribution in [2.24, 2.45) is 0 Å². The molecule has 1 aromatic heterocycles. The number of hydrogen-bond acceptors (Lipinski definition) is 4. The van der Waals surface area contributed by atoms with Gasteiger partial charge in [0, 0.05) is 36.2 Å². The standard InChI is InChI=1S/C13H23N3S/c1-4-11-8-16(12(5-2)7-14-11)9-13-15-6-10(3)17-13/h6,11-12,14H,4-5,7-9H2,1-3H3. The van der Waals surface area contributed by atoms with Crippen molar-refractivity contribution in [3.05, 3.63) is 16.1 Å². The zero-order valence-electron chi connectivity index (χ0n) is 11.1. The molecular formula is C13H23N3S. The van der Waals surface area contributed by atoms with Crippen LogP contribution in [0.2, 0.25) is 0 Å². The molecule has 2 heterocycles. The zero-order chi connectivity index (χ0) is 12.3. The summed E-state index contributed by atoms with van der Waals surface area (Å²) in [6.45, 7) is 9.97. The van der Waals surface area contributed by atoms with Crippen molar-refractivity contribution in [2.45, 2.75) is 52.2 Å². The second kappa shape index (κ2) is 5.94. The Morgan fingerprint density at radius 2 is 2.29 bits per heavy atom. The van der Waals surface area contributed by atoms with Crippen LogP contribution >= 0.6 is 11.3 Å². The molecule has 1 saturated heterocycles. The maximum absolute atomic E-state index is 4.49. The number of piperazine rings is 1. The van der Waals surface area contributed by atoms with Gasteiger partial charge in [-0.2, -0.15) is 0 Å². The fraction of sp³-hybridized carbons (Fsp3) is 0.769. The van der Waals surface area contributed by atoms with Gasteiger partial charge in [-0.15, -0.1) is 11.3 Å². The third kappa shape index (κ3) is 3.27. The van der Waals surface area contributed by atoms with Crippen LogP contribution in [0.25, 0.3) is 0 Å². The van der Waals surface area contributed by atoms with Crippen LogP contribution in [0.15, 0.2) is 6.20 Å². The first kappa shape index (κ1) is 13.0. The lowest BCUT2D eigenvalue weighted by atomic mass is 10.1. The van der Waals surface area contributed by atoms with Crippen LogP contribution in [0.3, 0.4) is 0 Å². The van der Waals surface area contributed by atoms with E-state index in [1.165, 1.54) is 22.7 Å². The summed E-state index contributed by atoms with van der Waals surface area (Å²) in [6, 6.07) is 1.32. The Bertz CT molecular complexity index is 350. The molecule has 2 atom stereocenters. The summed E-state index contributed by atoms with van der Waals surface area (Å²) in [7, 11) is 0. The Balaban J connectivity index is 2.00. The zero-order valence-corrected chi connectivity index (χ0v) is 11.9. The molecule has 1 aromatic rings. The second-order valence-corrected chi connectivity index (χ2v) is 6.19. The molecule has 96 valence electrons. The number of thiazole rings is 1. The van der Waals surface area contributed by atoms with Gasteiger partial charge < -0.3 is 5.32 Å². The van der Waals surface area contributed by atoms with Gasteiger partial charge in [-0.05, 0) is 19.8 Å². The normalized spacial score (nSPS) is 26.3. The van der Waals surface area contributed by atoms with Crippen LogP contribution < -0.4 is 5.32 Å². The summed E-state index contributed by atoms with van der Waals surface area (Å²) in [6.07, 6.45) is 4.41. The molecule has 0 aromatic carbocycles. The van der Waals surface area contributed by atoms with E-state index in [2.05, 4.69) is 36.0 Å². The lowest BCUT2D eigenvalue weighted by molar-refractivity contribution is 0.117. The van der Waals surface area contributed by atoms with Gasteiger partial charge in [0.25, 0.3) is 0 Å². The molecule has 1 fully saturated rings. The van der Waals surface area contributed by atoms with Crippen molar-refractivity contribution in [2.75, 3.05) is 13.1 Å². The molecule has 1 N–H and O–H groups in total. The Morgan fingerprint density at radius 1 is 1.47 bits per heavy atom. The summed E-state index contributed by atoms with van der Waals surface area (Å²) in [5.41, 5.74) is 0.